The molecule has 0 radical (unpaired) electrons. The molecule has 1 fully saturated rings. The minimum atomic E-state index is -0.760. The highest BCUT2D eigenvalue weighted by atomic mass is 32.1. The zero-order valence-electron chi connectivity index (χ0n) is 11.3. The number of aryl methyl sites for hydroxylation is 2. The molecule has 0 saturated carbocycles. The van der Waals surface area contributed by atoms with Crippen molar-refractivity contribution in [2.24, 2.45) is 5.92 Å². The summed E-state index contributed by atoms with van der Waals surface area (Å²) in [4.78, 5) is 30.2. The van der Waals surface area contributed by atoms with Crippen LogP contribution in [-0.2, 0) is 4.79 Å². The van der Waals surface area contributed by atoms with Crippen LogP contribution in [0.25, 0.3) is 0 Å². The second-order valence-corrected chi connectivity index (χ2v) is 6.26. The van der Waals surface area contributed by atoms with Gasteiger partial charge in [0.1, 0.15) is 4.88 Å². The Morgan fingerprint density at radius 2 is 2.11 bits per heavy atom. The summed E-state index contributed by atoms with van der Waals surface area (Å²) in [6.45, 7) is 6.14. The first-order valence-corrected chi connectivity index (χ1v) is 7.19. The number of hydrogen-bond acceptors (Lipinski definition) is 4. The van der Waals surface area contributed by atoms with Crippen LogP contribution in [0.5, 0.6) is 0 Å². The van der Waals surface area contributed by atoms with Gasteiger partial charge in [0.15, 0.2) is 0 Å². The molecule has 2 rings (SSSR count). The Hall–Kier alpha value is -1.43. The van der Waals surface area contributed by atoms with E-state index in [-0.39, 0.29) is 17.9 Å². The quantitative estimate of drug-likeness (QED) is 0.901. The molecular weight excluding hydrogens is 264 g/mol. The van der Waals surface area contributed by atoms with Crippen molar-refractivity contribution in [3.63, 3.8) is 0 Å². The standard InChI is InChI=1S/C13H18N2O3S/c1-7-6-10(13(17)18)4-5-15(7)12(16)11-8(2)14-9(3)19-11/h7,10H,4-6H2,1-3H3,(H,17,18). The molecule has 0 aromatic carbocycles. The van der Waals surface area contributed by atoms with E-state index >= 15 is 0 Å². The van der Waals surface area contributed by atoms with Crippen LogP contribution in [0.3, 0.4) is 0 Å². The van der Waals surface area contributed by atoms with E-state index in [1.54, 1.807) is 4.90 Å². The number of rotatable bonds is 2. The molecule has 1 aliphatic rings. The fraction of sp³-hybridized carbons (Fsp3) is 0.615. The maximum absolute atomic E-state index is 12.5. The van der Waals surface area contributed by atoms with E-state index in [1.165, 1.54) is 11.3 Å². The van der Waals surface area contributed by atoms with Crippen molar-refractivity contribution in [3.05, 3.63) is 15.6 Å². The SMILES string of the molecule is Cc1nc(C)c(C(=O)N2CCC(C(=O)O)CC2C)s1. The summed E-state index contributed by atoms with van der Waals surface area (Å²) in [5.41, 5.74) is 0.764. The molecule has 1 N–H and O–H groups in total. The summed E-state index contributed by atoms with van der Waals surface area (Å²) in [5.74, 6) is -1.11. The molecule has 1 aromatic rings. The molecule has 1 saturated heterocycles. The molecule has 1 aliphatic heterocycles. The van der Waals surface area contributed by atoms with Gasteiger partial charge in [-0.1, -0.05) is 0 Å². The van der Waals surface area contributed by atoms with Crippen LogP contribution in [-0.4, -0.2) is 39.5 Å². The Kier molecular flexibility index (Phi) is 3.89. The number of amides is 1. The Morgan fingerprint density at radius 3 is 2.58 bits per heavy atom. The van der Waals surface area contributed by atoms with E-state index in [0.29, 0.717) is 24.3 Å². The molecule has 2 atom stereocenters. The van der Waals surface area contributed by atoms with E-state index in [4.69, 9.17) is 5.11 Å². The van der Waals surface area contributed by atoms with Gasteiger partial charge in [0, 0.05) is 12.6 Å². The summed E-state index contributed by atoms with van der Waals surface area (Å²) in [6.07, 6.45) is 1.06. The summed E-state index contributed by atoms with van der Waals surface area (Å²) in [6, 6.07) is -0.0378. The molecule has 1 aromatic heterocycles. The van der Waals surface area contributed by atoms with Crippen LogP contribution in [0.15, 0.2) is 0 Å². The smallest absolute Gasteiger partial charge is 0.306 e. The van der Waals surface area contributed by atoms with Crippen molar-refractivity contribution in [3.8, 4) is 0 Å². The van der Waals surface area contributed by atoms with Gasteiger partial charge in [0.25, 0.3) is 5.91 Å². The summed E-state index contributed by atoms with van der Waals surface area (Å²) < 4.78 is 0. The van der Waals surface area contributed by atoms with Gasteiger partial charge in [-0.2, -0.15) is 0 Å². The van der Waals surface area contributed by atoms with Crippen molar-refractivity contribution in [2.45, 2.75) is 39.7 Å². The number of carboxylic acid groups (broad SMARTS) is 1. The van der Waals surface area contributed by atoms with Gasteiger partial charge in [-0.15, -0.1) is 11.3 Å². The number of carboxylic acids is 1. The van der Waals surface area contributed by atoms with Gasteiger partial charge in [0.2, 0.25) is 0 Å². The van der Waals surface area contributed by atoms with E-state index < -0.39 is 5.97 Å². The molecule has 1 amide bonds. The van der Waals surface area contributed by atoms with Crippen molar-refractivity contribution >= 4 is 23.2 Å². The molecule has 5 nitrogen and oxygen atoms in total. The molecule has 0 aliphatic carbocycles. The molecule has 2 heterocycles. The Labute approximate surface area is 116 Å². The van der Waals surface area contributed by atoms with Gasteiger partial charge in [-0.3, -0.25) is 9.59 Å². The third-order valence-electron chi connectivity index (χ3n) is 3.58. The monoisotopic (exact) mass is 282 g/mol. The van der Waals surface area contributed by atoms with Crippen LogP contribution < -0.4 is 0 Å². The Morgan fingerprint density at radius 1 is 1.42 bits per heavy atom. The Balaban J connectivity index is 2.13. The first-order valence-electron chi connectivity index (χ1n) is 6.38. The Bertz CT molecular complexity index is 512. The summed E-state index contributed by atoms with van der Waals surface area (Å²) in [7, 11) is 0. The van der Waals surface area contributed by atoms with Crippen molar-refractivity contribution in [2.75, 3.05) is 6.54 Å². The zero-order chi connectivity index (χ0) is 14.2. The minimum Gasteiger partial charge on any atom is -0.481 e. The molecule has 0 bridgehead atoms. The highest BCUT2D eigenvalue weighted by molar-refractivity contribution is 7.13. The molecule has 2 unspecified atom stereocenters. The number of carbonyl (C=O) groups is 2. The fourth-order valence-electron chi connectivity index (χ4n) is 2.56. The molecular formula is C13H18N2O3S. The lowest BCUT2D eigenvalue weighted by Crippen LogP contribution is -2.46. The van der Waals surface area contributed by atoms with Crippen LogP contribution >= 0.6 is 11.3 Å². The number of aliphatic carboxylic acids is 1. The van der Waals surface area contributed by atoms with E-state index in [0.717, 1.165) is 10.7 Å². The zero-order valence-corrected chi connectivity index (χ0v) is 12.2. The van der Waals surface area contributed by atoms with E-state index in [1.807, 2.05) is 20.8 Å². The molecule has 104 valence electrons. The number of likely N-dealkylation sites (tertiary alicyclic amines) is 1. The third kappa shape index (κ3) is 2.78. The number of piperidine rings is 1. The summed E-state index contributed by atoms with van der Waals surface area (Å²) in [5, 5.41) is 9.92. The minimum absolute atomic E-state index is 0.0144. The average molecular weight is 282 g/mol. The van der Waals surface area contributed by atoms with Crippen LogP contribution in [0.4, 0.5) is 0 Å². The second-order valence-electron chi connectivity index (χ2n) is 5.05. The topological polar surface area (TPSA) is 70.5 Å². The highest BCUT2D eigenvalue weighted by Gasteiger charge is 2.33. The predicted octanol–water partition coefficient (Wildman–Crippen LogP) is 2.09. The van der Waals surface area contributed by atoms with Gasteiger partial charge in [-0.05, 0) is 33.6 Å². The highest BCUT2D eigenvalue weighted by Crippen LogP contribution is 2.27. The van der Waals surface area contributed by atoms with Gasteiger partial charge in [-0.25, -0.2) is 4.98 Å². The lowest BCUT2D eigenvalue weighted by molar-refractivity contribution is -0.143. The van der Waals surface area contributed by atoms with Crippen LogP contribution in [0.1, 0.15) is 40.1 Å². The van der Waals surface area contributed by atoms with Crippen molar-refractivity contribution in [1.29, 1.82) is 0 Å². The largest absolute Gasteiger partial charge is 0.481 e. The summed E-state index contributed by atoms with van der Waals surface area (Å²) >= 11 is 1.41. The third-order valence-corrected chi connectivity index (χ3v) is 4.64. The molecule has 0 spiro atoms. The maximum atomic E-state index is 12.5. The van der Waals surface area contributed by atoms with E-state index in [2.05, 4.69) is 4.98 Å². The first kappa shape index (κ1) is 14.0. The normalized spacial score (nSPS) is 23.4. The van der Waals surface area contributed by atoms with Gasteiger partial charge < -0.3 is 10.0 Å². The number of carbonyl (C=O) groups excluding carboxylic acids is 1. The van der Waals surface area contributed by atoms with Crippen molar-refractivity contribution < 1.29 is 14.7 Å². The van der Waals surface area contributed by atoms with Crippen LogP contribution in [0, 0.1) is 19.8 Å². The van der Waals surface area contributed by atoms with Gasteiger partial charge >= 0.3 is 5.97 Å². The number of aromatic nitrogens is 1. The number of hydrogen-bond donors (Lipinski definition) is 1. The average Bonchev–Trinajstić information content (AvgIpc) is 2.67. The van der Waals surface area contributed by atoms with Gasteiger partial charge in [0.05, 0.1) is 16.6 Å². The predicted molar refractivity (Wildman–Crippen MR) is 72.4 cm³/mol. The lowest BCUT2D eigenvalue weighted by Gasteiger charge is -2.36. The van der Waals surface area contributed by atoms with Crippen LogP contribution in [0.2, 0.25) is 0 Å². The molecule has 6 heteroatoms. The second kappa shape index (κ2) is 5.28. The number of thiazole rings is 1. The number of nitrogens with zero attached hydrogens (tertiary/aromatic N) is 2. The maximum Gasteiger partial charge on any atom is 0.306 e. The van der Waals surface area contributed by atoms with Crippen molar-refractivity contribution in [1.82, 2.24) is 9.88 Å². The molecule has 19 heavy (non-hydrogen) atoms. The van der Waals surface area contributed by atoms with E-state index in [9.17, 15) is 9.59 Å². The fourth-order valence-corrected chi connectivity index (χ4v) is 3.43. The lowest BCUT2D eigenvalue weighted by atomic mass is 9.91. The first-order chi connectivity index (χ1) is 8.90.